The minimum absolute atomic E-state index is 0.0739. The van der Waals surface area contributed by atoms with Crippen molar-refractivity contribution < 1.29 is 55.1 Å². The Morgan fingerprint density at radius 3 is 1.60 bits per heavy atom. The summed E-state index contributed by atoms with van der Waals surface area (Å²) in [6.45, 7) is 12.5. The lowest BCUT2D eigenvalue weighted by Crippen LogP contribution is -2.52. The molecule has 2 fully saturated rings. The van der Waals surface area contributed by atoms with Crippen LogP contribution in [0.2, 0.25) is 0 Å². The van der Waals surface area contributed by atoms with Crippen molar-refractivity contribution in [2.45, 2.75) is 123 Å². The number of carbonyl (C=O) groups is 1. The largest absolute Gasteiger partial charge is 0.444 e. The van der Waals surface area contributed by atoms with Crippen LogP contribution in [0.1, 0.15) is 86.9 Å². The number of aliphatic hydroxyl groups is 2. The SMILES string of the molecule is Cc1noc(C)c1-c1ccc2c(-c3nc(N[C@@H]4CCC[C@H](O)C4)ncc3C(F)(F)F)c[nH]c2n1.Cc1noc(C)c1-c1ccc2c(-c3nc(N[C@H]4C[C@@H](O)CN(C(=O)OC(C)(C)C)C4)ncc3C(F)(F)F)c[nH]c2n1. The second-order valence-corrected chi connectivity index (χ2v) is 19.7. The Bertz CT molecular complexity index is 3340. The van der Waals surface area contributed by atoms with E-state index in [1.165, 1.54) is 17.3 Å². The number of aromatic nitrogens is 10. The monoisotopic (exact) mass is 1050 g/mol. The predicted molar refractivity (Wildman–Crippen MR) is 262 cm³/mol. The lowest BCUT2D eigenvalue weighted by molar-refractivity contribution is -0.138. The summed E-state index contributed by atoms with van der Waals surface area (Å²) in [4.78, 5) is 45.3. The molecule has 8 aromatic heterocycles. The van der Waals surface area contributed by atoms with Crippen LogP contribution in [-0.2, 0) is 17.1 Å². The Labute approximate surface area is 423 Å². The third kappa shape index (κ3) is 11.4. The summed E-state index contributed by atoms with van der Waals surface area (Å²) in [5, 5.41) is 35.2. The summed E-state index contributed by atoms with van der Waals surface area (Å²) in [6, 6.07) is 6.16. The molecule has 0 unspecified atom stereocenters. The van der Waals surface area contributed by atoms with E-state index in [2.05, 4.69) is 60.8 Å². The second kappa shape index (κ2) is 20.2. The van der Waals surface area contributed by atoms with Crippen LogP contribution in [0.5, 0.6) is 0 Å². The zero-order chi connectivity index (χ0) is 53.7. The quantitative estimate of drug-likeness (QED) is 0.0774. The number of β-amino-alcohol motifs (C(OH)–C–C–N with tert-alkyl or cyclic N) is 1. The van der Waals surface area contributed by atoms with Gasteiger partial charge in [0, 0.05) is 65.3 Å². The maximum absolute atomic E-state index is 14.1. The van der Waals surface area contributed by atoms with Gasteiger partial charge in [-0.05, 0) is 105 Å². The Balaban J connectivity index is 0.000000187. The number of nitrogens with zero attached hydrogens (tertiary/aromatic N) is 9. The van der Waals surface area contributed by atoms with E-state index >= 15 is 0 Å². The number of hydrogen-bond acceptors (Lipinski definition) is 16. The van der Waals surface area contributed by atoms with Crippen LogP contribution in [0.25, 0.3) is 67.1 Å². The maximum atomic E-state index is 14.1. The first kappa shape index (κ1) is 52.2. The lowest BCUT2D eigenvalue weighted by Gasteiger charge is -2.36. The number of amides is 1. The van der Waals surface area contributed by atoms with Gasteiger partial charge in [-0.15, -0.1) is 0 Å². The molecule has 1 aliphatic carbocycles. The molecule has 1 saturated carbocycles. The summed E-state index contributed by atoms with van der Waals surface area (Å²) in [5.41, 5.74) is 1.94. The van der Waals surface area contributed by atoms with Crippen molar-refractivity contribution in [1.82, 2.24) is 55.1 Å². The standard InChI is InChI=1S/C27H30F3N7O4.C23H23F3N6O2/c1-13-21(14(2)41-36-13)20-7-6-17-18(9-31-23(17)34-20)22-19(27(28,29)30)10-32-24(35-22)33-15-8-16(38)12-37(11-15)25(39)40-26(3,4)5;1-11-19(12(2)34-32-11)18-7-6-15-16(9-27-21(15)30-18)20-17(23(24,25)26)10-28-22(31-20)29-13-4-3-5-14(33)8-13/h6-7,9-10,15-16,38H,8,11-12H2,1-5H3,(H,31,34)(H,32,33,35);6-7,9-10,13-14,33H,3-5,8H2,1-2H3,(H,27,30)(H,28,29,31)/t15-,16+;13-,14+/m01/s1. The number of ether oxygens (including phenoxy) is 1. The van der Waals surface area contributed by atoms with Crippen LogP contribution in [0.3, 0.4) is 0 Å². The Morgan fingerprint density at radius 2 is 1.16 bits per heavy atom. The third-order valence-electron chi connectivity index (χ3n) is 12.7. The summed E-state index contributed by atoms with van der Waals surface area (Å²) in [7, 11) is 0. The molecule has 0 radical (unpaired) electrons. The molecule has 1 saturated heterocycles. The first-order chi connectivity index (χ1) is 35.4. The summed E-state index contributed by atoms with van der Waals surface area (Å²) in [5.74, 6) is 1.20. The summed E-state index contributed by atoms with van der Waals surface area (Å²) in [6.07, 6.45) is -3.78. The zero-order valence-electron chi connectivity index (χ0n) is 41.7. The molecule has 1 aliphatic heterocycles. The molecule has 10 rings (SSSR count). The van der Waals surface area contributed by atoms with Gasteiger partial charge in [-0.2, -0.15) is 26.3 Å². The van der Waals surface area contributed by atoms with Gasteiger partial charge in [0.2, 0.25) is 11.9 Å². The smallest absolute Gasteiger partial charge is 0.419 e. The van der Waals surface area contributed by atoms with Gasteiger partial charge in [0.1, 0.15) is 39.5 Å². The fourth-order valence-corrected chi connectivity index (χ4v) is 9.42. The highest BCUT2D eigenvalue weighted by Gasteiger charge is 2.39. The highest BCUT2D eigenvalue weighted by Crippen LogP contribution is 2.41. The number of aromatic amines is 2. The number of aliphatic hydroxyl groups excluding tert-OH is 2. The number of piperidine rings is 1. The number of hydrogen-bond donors (Lipinski definition) is 6. The molecule has 75 heavy (non-hydrogen) atoms. The van der Waals surface area contributed by atoms with E-state index in [4.69, 9.17) is 13.8 Å². The van der Waals surface area contributed by atoms with Gasteiger partial charge in [0.05, 0.1) is 64.0 Å². The molecule has 4 atom stereocenters. The topological polar surface area (TPSA) is 255 Å². The van der Waals surface area contributed by atoms with Gasteiger partial charge >= 0.3 is 18.4 Å². The van der Waals surface area contributed by atoms with Gasteiger partial charge in [-0.25, -0.2) is 34.7 Å². The number of H-pyrrole nitrogens is 2. The van der Waals surface area contributed by atoms with E-state index in [-0.39, 0.29) is 60.0 Å². The van der Waals surface area contributed by atoms with Gasteiger partial charge < -0.3 is 49.5 Å². The number of nitrogens with one attached hydrogen (secondary N) is 4. The summed E-state index contributed by atoms with van der Waals surface area (Å²) >= 11 is 0. The maximum Gasteiger partial charge on any atom is 0.419 e. The number of fused-ring (bicyclic) bond motifs is 2. The number of pyridine rings is 2. The highest BCUT2D eigenvalue weighted by molar-refractivity contribution is 5.96. The van der Waals surface area contributed by atoms with Crippen LogP contribution >= 0.6 is 0 Å². The molecule has 19 nitrogen and oxygen atoms in total. The fraction of sp³-hybridized carbons (Fsp3) is 0.420. The van der Waals surface area contributed by atoms with Crippen molar-refractivity contribution in [3.8, 4) is 45.0 Å². The number of anilines is 2. The fourth-order valence-electron chi connectivity index (χ4n) is 9.42. The number of halogens is 6. The molecule has 2 aliphatic rings. The Morgan fingerprint density at radius 1 is 0.680 bits per heavy atom. The molecular formula is C50H53F6N13O6. The average molecular weight is 1050 g/mol. The Hall–Kier alpha value is -7.67. The molecule has 0 bridgehead atoms. The normalized spacial score (nSPS) is 18.5. The molecule has 25 heteroatoms. The molecule has 9 heterocycles. The van der Waals surface area contributed by atoms with Crippen molar-refractivity contribution in [3.05, 3.63) is 83.1 Å². The number of likely N-dealkylation sites (tertiary alicyclic amines) is 1. The van der Waals surface area contributed by atoms with Gasteiger partial charge in [-0.1, -0.05) is 10.3 Å². The van der Waals surface area contributed by atoms with E-state index in [1.807, 2.05) is 0 Å². The Kier molecular flexibility index (Phi) is 14.1. The molecule has 0 aromatic carbocycles. The molecule has 1 amide bonds. The number of rotatable bonds is 8. The minimum atomic E-state index is -4.73. The van der Waals surface area contributed by atoms with Crippen LogP contribution in [0.4, 0.5) is 43.0 Å². The molecule has 6 N–H and O–H groups in total. The number of alkyl halides is 6. The van der Waals surface area contributed by atoms with Crippen molar-refractivity contribution in [2.24, 2.45) is 0 Å². The molecular weight excluding hydrogens is 993 g/mol. The third-order valence-corrected chi connectivity index (χ3v) is 12.7. The van der Waals surface area contributed by atoms with Crippen LogP contribution in [0, 0.1) is 27.7 Å². The number of carbonyl (C=O) groups excluding carboxylic acids is 1. The zero-order valence-corrected chi connectivity index (χ0v) is 41.7. The van der Waals surface area contributed by atoms with E-state index in [1.54, 1.807) is 72.7 Å². The van der Waals surface area contributed by atoms with E-state index in [0.29, 0.717) is 68.3 Å². The van der Waals surface area contributed by atoms with Crippen molar-refractivity contribution in [3.63, 3.8) is 0 Å². The second-order valence-electron chi connectivity index (χ2n) is 19.7. The van der Waals surface area contributed by atoms with Crippen LogP contribution < -0.4 is 10.6 Å². The predicted octanol–water partition coefficient (Wildman–Crippen LogP) is 10.1. The van der Waals surface area contributed by atoms with E-state index in [9.17, 15) is 41.4 Å². The van der Waals surface area contributed by atoms with Gasteiger partial charge in [-0.3, -0.25) is 0 Å². The first-order valence-electron chi connectivity index (χ1n) is 24.0. The first-order valence-corrected chi connectivity index (χ1v) is 24.0. The number of aryl methyl sites for hydroxylation is 4. The minimum Gasteiger partial charge on any atom is -0.444 e. The van der Waals surface area contributed by atoms with Gasteiger partial charge in [0.25, 0.3) is 0 Å². The van der Waals surface area contributed by atoms with Gasteiger partial charge in [0.15, 0.2) is 0 Å². The average Bonchev–Trinajstić information content (AvgIpc) is 4.13. The van der Waals surface area contributed by atoms with Crippen molar-refractivity contribution in [1.29, 1.82) is 0 Å². The molecule has 0 spiro atoms. The van der Waals surface area contributed by atoms with Crippen LogP contribution in [0.15, 0.2) is 58.1 Å². The van der Waals surface area contributed by atoms with Crippen molar-refractivity contribution >= 4 is 40.1 Å². The molecule has 396 valence electrons. The highest BCUT2D eigenvalue weighted by atomic mass is 19.4. The lowest BCUT2D eigenvalue weighted by atomic mass is 9.93. The van der Waals surface area contributed by atoms with E-state index in [0.717, 1.165) is 37.2 Å². The van der Waals surface area contributed by atoms with E-state index < -0.39 is 53.4 Å². The van der Waals surface area contributed by atoms with Crippen molar-refractivity contribution in [2.75, 3.05) is 23.7 Å². The van der Waals surface area contributed by atoms with Crippen LogP contribution in [-0.4, -0.2) is 114 Å². The molecule has 8 aromatic rings. The summed E-state index contributed by atoms with van der Waals surface area (Å²) < 4.78 is 99.5.